The molecule has 3 rings (SSSR count). The molecule has 0 radical (unpaired) electrons. The number of rotatable bonds is 2. The van der Waals surface area contributed by atoms with Crippen molar-refractivity contribution in [1.29, 1.82) is 0 Å². The van der Waals surface area contributed by atoms with Gasteiger partial charge >= 0.3 is 0 Å². The fourth-order valence-corrected chi connectivity index (χ4v) is 3.52. The van der Waals surface area contributed by atoms with Gasteiger partial charge in [-0.05, 0) is 29.1 Å². The van der Waals surface area contributed by atoms with Crippen molar-refractivity contribution in [2.24, 2.45) is 0 Å². The summed E-state index contributed by atoms with van der Waals surface area (Å²) in [6.07, 6.45) is 0. The summed E-state index contributed by atoms with van der Waals surface area (Å²) in [6, 6.07) is 9.86. The molecule has 5 heteroatoms. The molecule has 1 aliphatic rings. The van der Waals surface area contributed by atoms with Crippen LogP contribution in [0.3, 0.4) is 0 Å². The monoisotopic (exact) mass is 337 g/mol. The van der Waals surface area contributed by atoms with Gasteiger partial charge in [-0.3, -0.25) is 4.79 Å². The summed E-state index contributed by atoms with van der Waals surface area (Å²) in [5, 5.41) is 4.87. The molecule has 98 valence electrons. The van der Waals surface area contributed by atoms with Crippen LogP contribution < -0.4 is 10.1 Å². The molecule has 1 atom stereocenters. The van der Waals surface area contributed by atoms with Crippen LogP contribution >= 0.6 is 27.3 Å². The number of carbonyl (C=O) groups excluding carboxylic acids is 1. The first-order chi connectivity index (χ1) is 9.25. The Labute approximate surface area is 123 Å². The largest absolute Gasteiger partial charge is 0.491 e. The Balaban J connectivity index is 1.98. The van der Waals surface area contributed by atoms with E-state index in [-0.39, 0.29) is 10.7 Å². The van der Waals surface area contributed by atoms with Crippen molar-refractivity contribution in [2.45, 2.75) is 4.83 Å². The van der Waals surface area contributed by atoms with Gasteiger partial charge in [-0.25, -0.2) is 0 Å². The fraction of sp³-hybridized carbons (Fsp3) is 0.214. The van der Waals surface area contributed by atoms with E-state index in [9.17, 15) is 4.79 Å². The Morgan fingerprint density at radius 3 is 3.05 bits per heavy atom. The second-order valence-electron chi connectivity index (χ2n) is 4.24. The maximum Gasteiger partial charge on any atom is 0.255 e. The number of ether oxygens (including phenoxy) is 1. The number of alkyl halides is 1. The van der Waals surface area contributed by atoms with Gasteiger partial charge in [0.15, 0.2) is 0 Å². The number of fused-ring (bicyclic) bond motifs is 1. The van der Waals surface area contributed by atoms with Crippen LogP contribution in [0.5, 0.6) is 5.75 Å². The van der Waals surface area contributed by atoms with Crippen LogP contribution in [0.15, 0.2) is 35.7 Å². The summed E-state index contributed by atoms with van der Waals surface area (Å²) in [5.74, 6) is 0.588. The second-order valence-corrected chi connectivity index (χ2v) is 6.13. The third-order valence-corrected chi connectivity index (χ3v) is 5.24. The molecule has 1 aromatic heterocycles. The highest BCUT2D eigenvalue weighted by Crippen LogP contribution is 2.35. The molecule has 2 heterocycles. The highest BCUT2D eigenvalue weighted by Gasteiger charge is 2.19. The van der Waals surface area contributed by atoms with E-state index >= 15 is 0 Å². The van der Waals surface area contributed by atoms with Crippen LogP contribution in [-0.4, -0.2) is 19.1 Å². The van der Waals surface area contributed by atoms with Gasteiger partial charge in [-0.15, -0.1) is 11.3 Å². The minimum absolute atomic E-state index is 0.0692. The smallest absolute Gasteiger partial charge is 0.255 e. The molecule has 0 aliphatic carbocycles. The Bertz CT molecular complexity index is 597. The van der Waals surface area contributed by atoms with E-state index in [2.05, 4.69) is 27.3 Å². The van der Waals surface area contributed by atoms with Gasteiger partial charge in [-0.2, -0.15) is 0 Å². The van der Waals surface area contributed by atoms with Crippen molar-refractivity contribution >= 4 is 33.2 Å². The van der Waals surface area contributed by atoms with E-state index in [1.807, 2.05) is 29.6 Å². The van der Waals surface area contributed by atoms with Crippen molar-refractivity contribution in [3.63, 3.8) is 0 Å². The number of hydrogen-bond acceptors (Lipinski definition) is 3. The molecular weight excluding hydrogens is 326 g/mol. The van der Waals surface area contributed by atoms with Crippen LogP contribution in [0.2, 0.25) is 0 Å². The van der Waals surface area contributed by atoms with Gasteiger partial charge in [0.2, 0.25) is 0 Å². The van der Waals surface area contributed by atoms with Gasteiger partial charge in [0.1, 0.15) is 12.4 Å². The van der Waals surface area contributed by atoms with Crippen LogP contribution in [0.1, 0.15) is 25.6 Å². The SMILES string of the molecule is O=C1NCCOc2ccc(C(Br)c3cccs3)cc21. The minimum Gasteiger partial charge on any atom is -0.491 e. The highest BCUT2D eigenvalue weighted by molar-refractivity contribution is 9.09. The topological polar surface area (TPSA) is 38.3 Å². The lowest BCUT2D eigenvalue weighted by molar-refractivity contribution is 0.0957. The zero-order chi connectivity index (χ0) is 13.2. The fourth-order valence-electron chi connectivity index (χ4n) is 2.03. The highest BCUT2D eigenvalue weighted by atomic mass is 79.9. The first-order valence-electron chi connectivity index (χ1n) is 5.98. The van der Waals surface area contributed by atoms with E-state index in [0.717, 1.165) is 5.56 Å². The van der Waals surface area contributed by atoms with Crippen molar-refractivity contribution < 1.29 is 9.53 Å². The molecule has 0 spiro atoms. The van der Waals surface area contributed by atoms with E-state index in [1.165, 1.54) is 4.88 Å². The Morgan fingerprint density at radius 1 is 1.37 bits per heavy atom. The van der Waals surface area contributed by atoms with Gasteiger partial charge in [-0.1, -0.05) is 28.1 Å². The Kier molecular flexibility index (Phi) is 3.57. The first-order valence-corrected chi connectivity index (χ1v) is 7.77. The number of halogens is 1. The molecule has 0 saturated carbocycles. The average Bonchev–Trinajstić information content (AvgIpc) is 2.90. The molecule has 1 amide bonds. The molecular formula is C14H12BrNO2S. The molecule has 0 fully saturated rings. The lowest BCUT2D eigenvalue weighted by Gasteiger charge is -2.11. The summed E-state index contributed by atoms with van der Waals surface area (Å²) in [4.78, 5) is 13.3. The van der Waals surface area contributed by atoms with Crippen LogP contribution in [0.25, 0.3) is 0 Å². The van der Waals surface area contributed by atoms with E-state index in [4.69, 9.17) is 4.74 Å². The standard InChI is InChI=1S/C14H12BrNO2S/c15-13(12-2-1-7-19-12)9-3-4-11-10(8-9)14(17)16-5-6-18-11/h1-4,7-8,13H,5-6H2,(H,16,17). The number of benzene rings is 1. The molecule has 0 bridgehead atoms. The molecule has 1 aliphatic heterocycles. The van der Waals surface area contributed by atoms with Gasteiger partial charge in [0.25, 0.3) is 5.91 Å². The molecule has 0 saturated heterocycles. The number of amides is 1. The zero-order valence-electron chi connectivity index (χ0n) is 10.1. The van der Waals surface area contributed by atoms with Crippen LogP contribution in [0, 0.1) is 0 Å². The van der Waals surface area contributed by atoms with Gasteiger partial charge in [0, 0.05) is 4.88 Å². The predicted molar refractivity (Wildman–Crippen MR) is 79.4 cm³/mol. The molecule has 2 aromatic rings. The number of carbonyl (C=O) groups is 1. The number of nitrogens with one attached hydrogen (secondary N) is 1. The lowest BCUT2D eigenvalue weighted by atomic mass is 10.1. The normalized spacial score (nSPS) is 15.9. The molecule has 19 heavy (non-hydrogen) atoms. The van der Waals surface area contributed by atoms with Crippen molar-refractivity contribution in [3.8, 4) is 5.75 Å². The molecule has 1 unspecified atom stereocenters. The predicted octanol–water partition coefficient (Wildman–Crippen LogP) is 3.35. The summed E-state index contributed by atoms with van der Waals surface area (Å²) in [5.41, 5.74) is 1.66. The van der Waals surface area contributed by atoms with Crippen LogP contribution in [-0.2, 0) is 0 Å². The minimum atomic E-state index is -0.0692. The van der Waals surface area contributed by atoms with E-state index < -0.39 is 0 Å². The number of thiophene rings is 1. The first kappa shape index (κ1) is 12.7. The van der Waals surface area contributed by atoms with Crippen LogP contribution in [0.4, 0.5) is 0 Å². The number of hydrogen-bond donors (Lipinski definition) is 1. The zero-order valence-corrected chi connectivity index (χ0v) is 12.5. The summed E-state index contributed by atoms with van der Waals surface area (Å²) in [7, 11) is 0. The molecule has 3 nitrogen and oxygen atoms in total. The summed E-state index contributed by atoms with van der Waals surface area (Å²) < 4.78 is 5.55. The third kappa shape index (κ3) is 2.53. The Hall–Kier alpha value is -1.33. The van der Waals surface area contributed by atoms with Crippen molar-refractivity contribution in [3.05, 3.63) is 51.7 Å². The average molecular weight is 338 g/mol. The van der Waals surface area contributed by atoms with Crippen molar-refractivity contribution in [1.82, 2.24) is 5.32 Å². The Morgan fingerprint density at radius 2 is 2.26 bits per heavy atom. The van der Waals surface area contributed by atoms with Gasteiger partial charge < -0.3 is 10.1 Å². The maximum absolute atomic E-state index is 12.0. The lowest BCUT2D eigenvalue weighted by Crippen LogP contribution is -2.24. The molecule has 1 aromatic carbocycles. The van der Waals surface area contributed by atoms with Gasteiger partial charge in [0.05, 0.1) is 16.9 Å². The van der Waals surface area contributed by atoms with E-state index in [0.29, 0.717) is 24.5 Å². The quantitative estimate of drug-likeness (QED) is 0.853. The molecule has 1 N–H and O–H groups in total. The van der Waals surface area contributed by atoms with E-state index in [1.54, 1.807) is 11.3 Å². The summed E-state index contributed by atoms with van der Waals surface area (Å²) in [6.45, 7) is 1.06. The second kappa shape index (κ2) is 5.35. The third-order valence-electron chi connectivity index (χ3n) is 2.98. The van der Waals surface area contributed by atoms with Crippen molar-refractivity contribution in [2.75, 3.05) is 13.2 Å². The maximum atomic E-state index is 12.0. The summed E-state index contributed by atoms with van der Waals surface area (Å²) >= 11 is 5.37.